The average Bonchev–Trinajstić information content (AvgIpc) is 2.69. The Bertz CT molecular complexity index is 793. The normalized spacial score (nSPS) is 20.3. The van der Waals surface area contributed by atoms with E-state index in [9.17, 15) is 4.79 Å². The van der Waals surface area contributed by atoms with E-state index in [1.807, 2.05) is 29.2 Å². The molecule has 0 bridgehead atoms. The molecule has 2 aromatic carbocycles. The average molecular weight is 365 g/mol. The predicted octanol–water partition coefficient (Wildman–Crippen LogP) is 2.84. The predicted molar refractivity (Wildman–Crippen MR) is 108 cm³/mol. The molecule has 142 valence electrons. The molecule has 1 saturated heterocycles. The van der Waals surface area contributed by atoms with Crippen molar-refractivity contribution in [3.63, 3.8) is 0 Å². The molecule has 1 unspecified atom stereocenters. The molecule has 2 aliphatic rings. The van der Waals surface area contributed by atoms with Crippen molar-refractivity contribution in [3.8, 4) is 0 Å². The number of morpholine rings is 1. The summed E-state index contributed by atoms with van der Waals surface area (Å²) < 4.78 is 5.91. The number of carbonyl (C=O) groups excluding carboxylic acids is 1. The number of carbonyl (C=O) groups is 1. The summed E-state index contributed by atoms with van der Waals surface area (Å²) in [6.07, 6.45) is 2.26. The third-order valence-electron chi connectivity index (χ3n) is 5.46. The van der Waals surface area contributed by atoms with Crippen molar-refractivity contribution < 1.29 is 9.53 Å². The molecule has 27 heavy (non-hydrogen) atoms. The lowest BCUT2D eigenvalue weighted by Crippen LogP contribution is -2.45. The minimum absolute atomic E-state index is 0.0543. The molecule has 4 rings (SSSR count). The SMILES string of the molecule is Nc1cccc2c1CCCN2C(=O)CC1CN(Cc2ccccc2)CCO1. The van der Waals surface area contributed by atoms with Crippen molar-refractivity contribution in [2.75, 3.05) is 36.9 Å². The van der Waals surface area contributed by atoms with Crippen LogP contribution in [-0.2, 0) is 22.5 Å². The van der Waals surface area contributed by atoms with Crippen molar-refractivity contribution >= 4 is 17.3 Å². The molecule has 2 aliphatic heterocycles. The first kappa shape index (κ1) is 18.0. The summed E-state index contributed by atoms with van der Waals surface area (Å²) in [4.78, 5) is 17.3. The lowest BCUT2D eigenvalue weighted by Gasteiger charge is -2.35. The second-order valence-electron chi connectivity index (χ2n) is 7.41. The van der Waals surface area contributed by atoms with E-state index in [4.69, 9.17) is 10.5 Å². The standard InChI is InChI=1S/C22H27N3O2/c23-20-9-4-10-21-19(20)8-5-11-25(21)22(26)14-18-16-24(12-13-27-18)15-17-6-2-1-3-7-17/h1-4,6-7,9-10,18H,5,8,11-16,23H2. The van der Waals surface area contributed by atoms with Gasteiger partial charge in [-0.1, -0.05) is 36.4 Å². The Morgan fingerprint density at radius 3 is 2.81 bits per heavy atom. The molecule has 1 atom stereocenters. The first-order chi connectivity index (χ1) is 13.2. The monoisotopic (exact) mass is 365 g/mol. The van der Waals surface area contributed by atoms with Crippen LogP contribution in [0.2, 0.25) is 0 Å². The fraction of sp³-hybridized carbons (Fsp3) is 0.409. The van der Waals surface area contributed by atoms with Crippen LogP contribution < -0.4 is 10.6 Å². The summed E-state index contributed by atoms with van der Waals surface area (Å²) in [6.45, 7) is 4.03. The van der Waals surface area contributed by atoms with Crippen LogP contribution >= 0.6 is 0 Å². The maximum atomic E-state index is 13.0. The van der Waals surface area contributed by atoms with Crippen LogP contribution in [-0.4, -0.2) is 43.2 Å². The second-order valence-corrected chi connectivity index (χ2v) is 7.41. The van der Waals surface area contributed by atoms with Gasteiger partial charge in [0.15, 0.2) is 0 Å². The van der Waals surface area contributed by atoms with E-state index in [-0.39, 0.29) is 12.0 Å². The number of benzene rings is 2. The van der Waals surface area contributed by atoms with E-state index >= 15 is 0 Å². The number of hydrogen-bond donors (Lipinski definition) is 1. The van der Waals surface area contributed by atoms with E-state index in [2.05, 4.69) is 29.2 Å². The fourth-order valence-electron chi connectivity index (χ4n) is 4.10. The zero-order valence-corrected chi connectivity index (χ0v) is 15.6. The third-order valence-corrected chi connectivity index (χ3v) is 5.46. The number of rotatable bonds is 4. The van der Waals surface area contributed by atoms with Crippen LogP contribution in [0.1, 0.15) is 24.0 Å². The van der Waals surface area contributed by atoms with Crippen LogP contribution in [0.25, 0.3) is 0 Å². The molecule has 0 spiro atoms. The molecule has 1 amide bonds. The van der Waals surface area contributed by atoms with Gasteiger partial charge < -0.3 is 15.4 Å². The van der Waals surface area contributed by atoms with E-state index in [0.717, 1.165) is 56.0 Å². The minimum Gasteiger partial charge on any atom is -0.398 e. The first-order valence-electron chi connectivity index (χ1n) is 9.76. The van der Waals surface area contributed by atoms with Crippen molar-refractivity contribution in [1.29, 1.82) is 0 Å². The number of hydrogen-bond acceptors (Lipinski definition) is 4. The Kier molecular flexibility index (Phi) is 5.41. The number of amides is 1. The highest BCUT2D eigenvalue weighted by molar-refractivity contribution is 5.95. The van der Waals surface area contributed by atoms with Crippen molar-refractivity contribution in [1.82, 2.24) is 4.90 Å². The van der Waals surface area contributed by atoms with E-state index in [1.165, 1.54) is 5.56 Å². The lowest BCUT2D eigenvalue weighted by molar-refractivity contribution is -0.123. The Morgan fingerprint density at radius 1 is 1.11 bits per heavy atom. The summed E-state index contributed by atoms with van der Waals surface area (Å²) in [5.41, 5.74) is 10.3. The molecule has 0 aromatic heterocycles. The van der Waals surface area contributed by atoms with Gasteiger partial charge in [-0.05, 0) is 36.1 Å². The van der Waals surface area contributed by atoms with Gasteiger partial charge in [0.2, 0.25) is 5.91 Å². The summed E-state index contributed by atoms with van der Waals surface area (Å²) in [5.74, 6) is 0.133. The van der Waals surface area contributed by atoms with Gasteiger partial charge >= 0.3 is 0 Å². The fourth-order valence-corrected chi connectivity index (χ4v) is 4.10. The number of nitrogen functional groups attached to an aromatic ring is 1. The highest BCUT2D eigenvalue weighted by Crippen LogP contribution is 2.32. The molecule has 0 saturated carbocycles. The van der Waals surface area contributed by atoms with Gasteiger partial charge in [-0.2, -0.15) is 0 Å². The van der Waals surface area contributed by atoms with Crippen molar-refractivity contribution in [2.45, 2.75) is 31.9 Å². The number of anilines is 2. The van der Waals surface area contributed by atoms with Crippen LogP contribution in [0.3, 0.4) is 0 Å². The third kappa shape index (κ3) is 4.15. The summed E-state index contributed by atoms with van der Waals surface area (Å²) in [6, 6.07) is 16.3. The Balaban J connectivity index is 1.39. The summed E-state index contributed by atoms with van der Waals surface area (Å²) >= 11 is 0. The molecule has 5 nitrogen and oxygen atoms in total. The van der Waals surface area contributed by atoms with E-state index < -0.39 is 0 Å². The molecular formula is C22H27N3O2. The van der Waals surface area contributed by atoms with Gasteiger partial charge in [0.1, 0.15) is 0 Å². The van der Waals surface area contributed by atoms with Crippen LogP contribution in [0, 0.1) is 0 Å². The molecule has 1 fully saturated rings. The van der Waals surface area contributed by atoms with Gasteiger partial charge in [-0.25, -0.2) is 0 Å². The largest absolute Gasteiger partial charge is 0.398 e. The lowest BCUT2D eigenvalue weighted by atomic mass is 9.99. The Hall–Kier alpha value is -2.37. The summed E-state index contributed by atoms with van der Waals surface area (Å²) in [5, 5.41) is 0. The van der Waals surface area contributed by atoms with Gasteiger partial charge in [-0.3, -0.25) is 9.69 Å². The molecule has 2 aromatic rings. The molecule has 2 N–H and O–H groups in total. The Labute approximate surface area is 160 Å². The van der Waals surface area contributed by atoms with Crippen LogP contribution in [0.15, 0.2) is 48.5 Å². The summed E-state index contributed by atoms with van der Waals surface area (Å²) in [7, 11) is 0. The quantitative estimate of drug-likeness (QED) is 0.847. The molecule has 5 heteroatoms. The minimum atomic E-state index is -0.0543. The van der Waals surface area contributed by atoms with Crippen molar-refractivity contribution in [3.05, 3.63) is 59.7 Å². The van der Waals surface area contributed by atoms with Crippen molar-refractivity contribution in [2.24, 2.45) is 0 Å². The van der Waals surface area contributed by atoms with Crippen LogP contribution in [0.5, 0.6) is 0 Å². The van der Waals surface area contributed by atoms with E-state index in [0.29, 0.717) is 13.0 Å². The number of nitrogens with two attached hydrogens (primary N) is 1. The molecule has 0 aliphatic carbocycles. The molecule has 0 radical (unpaired) electrons. The van der Waals surface area contributed by atoms with E-state index in [1.54, 1.807) is 0 Å². The zero-order chi connectivity index (χ0) is 18.6. The maximum absolute atomic E-state index is 13.0. The van der Waals surface area contributed by atoms with Gasteiger partial charge in [0.05, 0.1) is 19.1 Å². The maximum Gasteiger partial charge on any atom is 0.229 e. The highest BCUT2D eigenvalue weighted by atomic mass is 16.5. The molecular weight excluding hydrogens is 338 g/mol. The zero-order valence-electron chi connectivity index (χ0n) is 15.6. The first-order valence-corrected chi connectivity index (χ1v) is 9.76. The second kappa shape index (κ2) is 8.11. The Morgan fingerprint density at radius 2 is 1.96 bits per heavy atom. The van der Waals surface area contributed by atoms with Gasteiger partial charge in [-0.15, -0.1) is 0 Å². The number of nitrogens with zero attached hydrogens (tertiary/aromatic N) is 2. The number of fused-ring (bicyclic) bond motifs is 1. The topological polar surface area (TPSA) is 58.8 Å². The van der Waals surface area contributed by atoms with Gasteiger partial charge in [0, 0.05) is 37.6 Å². The number of ether oxygens (including phenoxy) is 1. The highest BCUT2D eigenvalue weighted by Gasteiger charge is 2.28. The smallest absolute Gasteiger partial charge is 0.229 e. The van der Waals surface area contributed by atoms with Crippen LogP contribution in [0.4, 0.5) is 11.4 Å². The van der Waals surface area contributed by atoms with Gasteiger partial charge in [0.25, 0.3) is 0 Å². The molecule has 2 heterocycles.